The molecule has 2 aromatic carbocycles. The summed E-state index contributed by atoms with van der Waals surface area (Å²) in [6.07, 6.45) is -1.92. The lowest BCUT2D eigenvalue weighted by Gasteiger charge is -2.16. The molecule has 9 heteroatoms. The van der Waals surface area contributed by atoms with E-state index in [2.05, 4.69) is 10.4 Å². The Morgan fingerprint density at radius 3 is 2.42 bits per heavy atom. The first-order chi connectivity index (χ1) is 15.7. The number of carbonyl (C=O) groups excluding carboxylic acids is 2. The number of halogens is 3. The molecule has 0 aliphatic carbocycles. The molecule has 0 unspecified atom stereocenters. The van der Waals surface area contributed by atoms with Gasteiger partial charge in [0.1, 0.15) is 0 Å². The zero-order chi connectivity index (χ0) is 23.6. The van der Waals surface area contributed by atoms with Crippen molar-refractivity contribution < 1.29 is 22.8 Å². The van der Waals surface area contributed by atoms with Gasteiger partial charge < -0.3 is 10.2 Å². The number of carbonyl (C=O) groups is 2. The highest BCUT2D eigenvalue weighted by Gasteiger charge is 2.40. The second-order valence-corrected chi connectivity index (χ2v) is 8.03. The lowest BCUT2D eigenvalue weighted by Crippen LogP contribution is -2.28. The lowest BCUT2D eigenvalue weighted by atomic mass is 10.1. The molecule has 0 saturated carbocycles. The zero-order valence-corrected chi connectivity index (χ0v) is 18.0. The van der Waals surface area contributed by atoms with Gasteiger partial charge in [0.05, 0.1) is 17.4 Å². The standard InChI is InChI=1S/C24H23F3N4O2/c1-16-7-9-19(10-8-16)31-21(24(25,26)27)20(15-29-31)22(32)28-14-17-5-4-6-18(13-17)23(33)30-11-2-3-12-30/h4-10,13,15H,2-3,11-12,14H2,1H3,(H,28,32). The van der Waals surface area contributed by atoms with Crippen molar-refractivity contribution in [1.82, 2.24) is 20.0 Å². The Morgan fingerprint density at radius 1 is 1.06 bits per heavy atom. The van der Waals surface area contributed by atoms with Crippen LogP contribution in [-0.2, 0) is 12.7 Å². The lowest BCUT2D eigenvalue weighted by molar-refractivity contribution is -0.143. The van der Waals surface area contributed by atoms with Gasteiger partial charge >= 0.3 is 6.18 Å². The number of amides is 2. The van der Waals surface area contributed by atoms with Crippen molar-refractivity contribution in [2.75, 3.05) is 13.1 Å². The van der Waals surface area contributed by atoms with Crippen molar-refractivity contribution in [2.24, 2.45) is 0 Å². The van der Waals surface area contributed by atoms with E-state index in [1.165, 1.54) is 12.1 Å². The first-order valence-corrected chi connectivity index (χ1v) is 10.6. The number of benzene rings is 2. The molecule has 33 heavy (non-hydrogen) atoms. The molecule has 1 aliphatic heterocycles. The van der Waals surface area contributed by atoms with Crippen molar-refractivity contribution in [3.05, 3.63) is 82.7 Å². The molecule has 0 atom stereocenters. The second kappa shape index (κ2) is 9.09. The zero-order valence-electron chi connectivity index (χ0n) is 18.0. The molecule has 3 aromatic rings. The molecule has 1 fully saturated rings. The fourth-order valence-electron chi connectivity index (χ4n) is 3.86. The summed E-state index contributed by atoms with van der Waals surface area (Å²) in [5.74, 6) is -0.976. The van der Waals surface area contributed by atoms with Crippen LogP contribution in [0.4, 0.5) is 13.2 Å². The van der Waals surface area contributed by atoms with Gasteiger partial charge in [-0.05, 0) is 49.6 Å². The topological polar surface area (TPSA) is 67.2 Å². The summed E-state index contributed by atoms with van der Waals surface area (Å²) in [4.78, 5) is 27.0. The first-order valence-electron chi connectivity index (χ1n) is 10.6. The third-order valence-corrected chi connectivity index (χ3v) is 5.58. The molecule has 0 spiro atoms. The van der Waals surface area contributed by atoms with E-state index in [1.54, 1.807) is 41.3 Å². The van der Waals surface area contributed by atoms with Crippen LogP contribution < -0.4 is 5.32 Å². The van der Waals surface area contributed by atoms with Gasteiger partial charge in [-0.3, -0.25) is 9.59 Å². The maximum atomic E-state index is 13.8. The molecule has 1 saturated heterocycles. The molecular formula is C24H23F3N4O2. The Hall–Kier alpha value is -3.62. The highest BCUT2D eigenvalue weighted by molar-refractivity contribution is 5.96. The van der Waals surface area contributed by atoms with Gasteiger partial charge in [0.15, 0.2) is 5.69 Å². The third kappa shape index (κ3) is 4.92. The van der Waals surface area contributed by atoms with Crippen molar-refractivity contribution in [3.8, 4) is 5.69 Å². The van der Waals surface area contributed by atoms with Gasteiger partial charge in [-0.1, -0.05) is 29.8 Å². The molecule has 6 nitrogen and oxygen atoms in total. The van der Waals surface area contributed by atoms with E-state index in [-0.39, 0.29) is 18.1 Å². The molecule has 172 valence electrons. The van der Waals surface area contributed by atoms with Crippen LogP contribution in [0.15, 0.2) is 54.7 Å². The Kier molecular flexibility index (Phi) is 6.22. The number of hydrogen-bond acceptors (Lipinski definition) is 3. The first kappa shape index (κ1) is 22.6. The van der Waals surface area contributed by atoms with Gasteiger partial charge in [-0.15, -0.1) is 0 Å². The largest absolute Gasteiger partial charge is 0.434 e. The monoisotopic (exact) mass is 456 g/mol. The van der Waals surface area contributed by atoms with E-state index < -0.39 is 23.3 Å². The number of aryl methyl sites for hydroxylation is 1. The van der Waals surface area contributed by atoms with Crippen LogP contribution in [0.3, 0.4) is 0 Å². The van der Waals surface area contributed by atoms with Crippen molar-refractivity contribution in [3.63, 3.8) is 0 Å². The molecule has 0 radical (unpaired) electrons. The van der Waals surface area contributed by atoms with Crippen molar-refractivity contribution >= 4 is 11.8 Å². The van der Waals surface area contributed by atoms with E-state index in [9.17, 15) is 22.8 Å². The van der Waals surface area contributed by atoms with E-state index in [0.717, 1.165) is 29.3 Å². The minimum atomic E-state index is -4.78. The second-order valence-electron chi connectivity index (χ2n) is 8.03. The molecule has 4 rings (SSSR count). The van der Waals surface area contributed by atoms with Crippen LogP contribution in [0.2, 0.25) is 0 Å². The maximum Gasteiger partial charge on any atom is 0.434 e. The smallest absolute Gasteiger partial charge is 0.348 e. The summed E-state index contributed by atoms with van der Waals surface area (Å²) in [6.45, 7) is 3.23. The van der Waals surface area contributed by atoms with E-state index in [0.29, 0.717) is 24.2 Å². The predicted octanol–water partition coefficient (Wildman–Crippen LogP) is 4.37. The van der Waals surface area contributed by atoms with Gasteiger partial charge in [-0.25, -0.2) is 4.68 Å². The Morgan fingerprint density at radius 2 is 1.76 bits per heavy atom. The van der Waals surface area contributed by atoms with Crippen LogP contribution in [-0.4, -0.2) is 39.6 Å². The van der Waals surface area contributed by atoms with Gasteiger partial charge in [0, 0.05) is 25.2 Å². The third-order valence-electron chi connectivity index (χ3n) is 5.58. The molecule has 2 heterocycles. The minimum Gasteiger partial charge on any atom is -0.348 e. The quantitative estimate of drug-likeness (QED) is 0.620. The number of nitrogens with one attached hydrogen (secondary N) is 1. The number of rotatable bonds is 5. The molecule has 0 bridgehead atoms. The summed E-state index contributed by atoms with van der Waals surface area (Å²) in [6, 6.07) is 13.1. The average molecular weight is 456 g/mol. The number of alkyl halides is 3. The van der Waals surface area contributed by atoms with E-state index >= 15 is 0 Å². The fraction of sp³-hybridized carbons (Fsp3) is 0.292. The molecule has 2 amide bonds. The normalized spacial score (nSPS) is 13.9. The van der Waals surface area contributed by atoms with Crippen LogP contribution in [0.25, 0.3) is 5.69 Å². The summed E-state index contributed by atoms with van der Waals surface area (Å²) >= 11 is 0. The molecule has 1 N–H and O–H groups in total. The fourth-order valence-corrected chi connectivity index (χ4v) is 3.86. The Bertz CT molecular complexity index is 1160. The van der Waals surface area contributed by atoms with E-state index in [4.69, 9.17) is 0 Å². The SMILES string of the molecule is Cc1ccc(-n2ncc(C(=O)NCc3cccc(C(=O)N4CCCC4)c3)c2C(F)(F)F)cc1. The summed E-state index contributed by atoms with van der Waals surface area (Å²) in [5.41, 5.74) is 0.511. The summed E-state index contributed by atoms with van der Waals surface area (Å²) in [5, 5.41) is 6.35. The van der Waals surface area contributed by atoms with Gasteiger partial charge in [0.2, 0.25) is 0 Å². The van der Waals surface area contributed by atoms with Crippen molar-refractivity contribution in [2.45, 2.75) is 32.5 Å². The van der Waals surface area contributed by atoms with Gasteiger partial charge in [0.25, 0.3) is 11.8 Å². The predicted molar refractivity (Wildman–Crippen MR) is 116 cm³/mol. The molecule has 1 aromatic heterocycles. The number of hydrogen-bond donors (Lipinski definition) is 1. The summed E-state index contributed by atoms with van der Waals surface area (Å²) in [7, 11) is 0. The number of aromatic nitrogens is 2. The average Bonchev–Trinajstić information content (AvgIpc) is 3.48. The van der Waals surface area contributed by atoms with Crippen LogP contribution in [0.5, 0.6) is 0 Å². The minimum absolute atomic E-state index is 0.0209. The highest BCUT2D eigenvalue weighted by atomic mass is 19.4. The van der Waals surface area contributed by atoms with Crippen molar-refractivity contribution in [1.29, 1.82) is 0 Å². The Labute approximate surface area is 189 Å². The maximum absolute atomic E-state index is 13.8. The number of likely N-dealkylation sites (tertiary alicyclic amines) is 1. The van der Waals surface area contributed by atoms with Crippen LogP contribution in [0, 0.1) is 6.92 Å². The van der Waals surface area contributed by atoms with Gasteiger partial charge in [-0.2, -0.15) is 18.3 Å². The van der Waals surface area contributed by atoms with Crippen LogP contribution >= 0.6 is 0 Å². The number of nitrogens with zero attached hydrogens (tertiary/aromatic N) is 3. The Balaban J connectivity index is 1.53. The molecule has 1 aliphatic rings. The van der Waals surface area contributed by atoms with Crippen LogP contribution in [0.1, 0.15) is 50.4 Å². The highest BCUT2D eigenvalue weighted by Crippen LogP contribution is 2.33. The summed E-state index contributed by atoms with van der Waals surface area (Å²) < 4.78 is 42.2. The van der Waals surface area contributed by atoms with E-state index in [1.807, 2.05) is 6.92 Å². The molecular weight excluding hydrogens is 433 g/mol.